The number of carbonyl (C=O) groups excluding carboxylic acids is 3. The smallest absolute Gasteiger partial charge is 0.335 e. The highest BCUT2D eigenvalue weighted by Crippen LogP contribution is 2.26. The zero-order valence-corrected chi connectivity index (χ0v) is 47.3. The van der Waals surface area contributed by atoms with E-state index in [9.17, 15) is 34.5 Å². The molecule has 0 aliphatic carbocycles. The van der Waals surface area contributed by atoms with Gasteiger partial charge in [0, 0.05) is 19.3 Å². The summed E-state index contributed by atoms with van der Waals surface area (Å²) in [4.78, 5) is 51.1. The van der Waals surface area contributed by atoms with E-state index in [-0.39, 0.29) is 25.9 Å². The third-order valence-corrected chi connectivity index (χ3v) is 13.3. The van der Waals surface area contributed by atoms with Crippen LogP contribution in [0, 0.1) is 0 Å². The highest BCUT2D eigenvalue weighted by molar-refractivity contribution is 5.74. The first kappa shape index (κ1) is 69.2. The van der Waals surface area contributed by atoms with Crippen molar-refractivity contribution in [2.45, 2.75) is 289 Å². The van der Waals surface area contributed by atoms with Crippen LogP contribution in [0.1, 0.15) is 252 Å². The van der Waals surface area contributed by atoms with E-state index in [0.717, 1.165) is 109 Å². The molecular weight excluding hydrogens is 949 g/mol. The van der Waals surface area contributed by atoms with Crippen molar-refractivity contribution < 1.29 is 58.2 Å². The first-order valence-corrected chi connectivity index (χ1v) is 29.9. The number of hydrogen-bond donors (Lipinski definition) is 3. The molecule has 6 unspecified atom stereocenters. The summed E-state index contributed by atoms with van der Waals surface area (Å²) in [5.74, 6) is -3.17. The number of aliphatic carboxylic acids is 1. The number of allylic oxidation sites excluding steroid dienone is 12. The summed E-state index contributed by atoms with van der Waals surface area (Å²) in [5, 5.41) is 31.5. The molecule has 0 amide bonds. The van der Waals surface area contributed by atoms with Crippen molar-refractivity contribution in [3.05, 3.63) is 72.9 Å². The monoisotopic (exact) mass is 1050 g/mol. The van der Waals surface area contributed by atoms with E-state index in [4.69, 9.17) is 23.7 Å². The van der Waals surface area contributed by atoms with Gasteiger partial charge in [-0.3, -0.25) is 14.4 Å². The summed E-state index contributed by atoms with van der Waals surface area (Å²) in [6.45, 7) is 5.84. The average molecular weight is 1060 g/mol. The maximum Gasteiger partial charge on any atom is 0.335 e. The normalized spacial score (nSPS) is 18.7. The Bertz CT molecular complexity index is 1580. The Morgan fingerprint density at radius 2 is 0.840 bits per heavy atom. The van der Waals surface area contributed by atoms with Crippen LogP contribution in [0.15, 0.2) is 72.9 Å². The fourth-order valence-corrected chi connectivity index (χ4v) is 8.68. The van der Waals surface area contributed by atoms with Crippen molar-refractivity contribution in [3.63, 3.8) is 0 Å². The minimum atomic E-state index is -1.91. The number of carboxylic acids is 1. The van der Waals surface area contributed by atoms with Crippen molar-refractivity contribution in [1.82, 2.24) is 0 Å². The van der Waals surface area contributed by atoms with Gasteiger partial charge < -0.3 is 39.0 Å². The predicted molar refractivity (Wildman–Crippen MR) is 303 cm³/mol. The molecule has 1 rings (SSSR count). The van der Waals surface area contributed by atoms with Gasteiger partial charge in [0.2, 0.25) is 0 Å². The fraction of sp³-hybridized carbons (Fsp3) is 0.746. The van der Waals surface area contributed by atoms with Crippen LogP contribution in [0.5, 0.6) is 0 Å². The first-order valence-electron chi connectivity index (χ1n) is 29.9. The third-order valence-electron chi connectivity index (χ3n) is 13.3. The van der Waals surface area contributed by atoms with E-state index in [1.807, 2.05) is 0 Å². The van der Waals surface area contributed by atoms with Gasteiger partial charge in [-0.15, -0.1) is 0 Å². The molecule has 0 aromatic carbocycles. The number of rotatable bonds is 50. The standard InChI is InChI=1S/C63H106O12/c1-4-7-10-13-16-19-22-24-26-27-28-29-31-32-35-37-40-43-46-49-55(64)71-52-54(73-56(65)50-47-44-41-38-34-21-18-15-12-9-6-3)53-72-63-61(59(68)58(67)60(75-63)62(69)70)74-57(66)51-48-45-42-39-36-33-30-25-23-20-17-14-11-8-5-2/h7,10,16,19,24-26,28-30,32,35,54,58-61,63,67-68H,4-6,8-9,11-15,17-18,20-23,27,31,33-34,36-53H2,1-3H3,(H,69,70)/b10-7-,19-16-,26-24-,29-28-,30-25-,35-32-. The van der Waals surface area contributed by atoms with Gasteiger partial charge in [-0.05, 0) is 89.9 Å². The van der Waals surface area contributed by atoms with Crippen LogP contribution in [0.2, 0.25) is 0 Å². The maximum absolute atomic E-state index is 13.1. The zero-order valence-electron chi connectivity index (χ0n) is 47.3. The topological polar surface area (TPSA) is 175 Å². The van der Waals surface area contributed by atoms with Crippen LogP contribution in [0.25, 0.3) is 0 Å². The second-order valence-electron chi connectivity index (χ2n) is 20.3. The Balaban J connectivity index is 2.69. The van der Waals surface area contributed by atoms with E-state index in [2.05, 4.69) is 93.7 Å². The number of aliphatic hydroxyl groups excluding tert-OH is 2. The lowest BCUT2D eigenvalue weighted by Gasteiger charge is -2.40. The average Bonchev–Trinajstić information content (AvgIpc) is 3.39. The highest BCUT2D eigenvalue weighted by Gasteiger charge is 2.50. The summed E-state index contributed by atoms with van der Waals surface area (Å²) in [6, 6.07) is 0. The summed E-state index contributed by atoms with van der Waals surface area (Å²) in [6.07, 6.45) is 51.6. The van der Waals surface area contributed by atoms with Crippen LogP contribution in [-0.4, -0.2) is 89.2 Å². The molecular formula is C63H106O12. The Labute approximate surface area is 455 Å². The fourth-order valence-electron chi connectivity index (χ4n) is 8.68. The summed E-state index contributed by atoms with van der Waals surface area (Å²) >= 11 is 0. The van der Waals surface area contributed by atoms with Crippen molar-refractivity contribution in [3.8, 4) is 0 Å². The Hall–Kier alpha value is -3.84. The van der Waals surface area contributed by atoms with Crippen LogP contribution in [0.3, 0.4) is 0 Å². The molecule has 0 bridgehead atoms. The lowest BCUT2D eigenvalue weighted by atomic mass is 9.98. The number of hydrogen-bond acceptors (Lipinski definition) is 11. The Morgan fingerprint density at radius 1 is 0.453 bits per heavy atom. The van der Waals surface area contributed by atoms with E-state index in [1.165, 1.54) is 83.5 Å². The quantitative estimate of drug-likeness (QED) is 0.0228. The molecule has 1 heterocycles. The maximum atomic E-state index is 13.1. The molecule has 12 nitrogen and oxygen atoms in total. The van der Waals surface area contributed by atoms with E-state index in [1.54, 1.807) is 0 Å². The van der Waals surface area contributed by atoms with Crippen LogP contribution in [-0.2, 0) is 42.9 Å². The molecule has 430 valence electrons. The summed E-state index contributed by atoms with van der Waals surface area (Å²) < 4.78 is 28.4. The van der Waals surface area contributed by atoms with Crippen LogP contribution in [0.4, 0.5) is 0 Å². The van der Waals surface area contributed by atoms with Crippen molar-refractivity contribution in [2.75, 3.05) is 13.2 Å². The molecule has 1 aliphatic heterocycles. The van der Waals surface area contributed by atoms with E-state index < -0.39 is 67.3 Å². The van der Waals surface area contributed by atoms with Crippen LogP contribution < -0.4 is 0 Å². The largest absolute Gasteiger partial charge is 0.479 e. The lowest BCUT2D eigenvalue weighted by Crippen LogP contribution is -2.61. The Morgan fingerprint density at radius 3 is 1.31 bits per heavy atom. The van der Waals surface area contributed by atoms with Gasteiger partial charge in [-0.2, -0.15) is 0 Å². The number of aliphatic hydroxyl groups is 2. The molecule has 1 saturated heterocycles. The van der Waals surface area contributed by atoms with Crippen molar-refractivity contribution in [1.29, 1.82) is 0 Å². The second kappa shape index (κ2) is 50.9. The SMILES string of the molecule is CC/C=C\C/C=C\C/C=C\C/C=C\C/C=C\CCCCCC(=O)OCC(COC1OC(C(=O)O)C(O)C(O)C1OC(=O)CCCCCCC/C=C\CCCCCCCC)OC(=O)CCCCCCCCCCCCC. The molecule has 3 N–H and O–H groups in total. The van der Waals surface area contributed by atoms with Crippen LogP contribution >= 0.6 is 0 Å². The van der Waals surface area contributed by atoms with Gasteiger partial charge in [0.25, 0.3) is 0 Å². The van der Waals surface area contributed by atoms with E-state index >= 15 is 0 Å². The number of esters is 3. The van der Waals surface area contributed by atoms with Crippen molar-refractivity contribution in [2.24, 2.45) is 0 Å². The van der Waals surface area contributed by atoms with Gasteiger partial charge in [0.1, 0.15) is 18.8 Å². The number of carbonyl (C=O) groups is 4. The van der Waals surface area contributed by atoms with Gasteiger partial charge in [0.15, 0.2) is 24.6 Å². The minimum Gasteiger partial charge on any atom is -0.479 e. The Kier molecular flexibility index (Phi) is 47.0. The van der Waals surface area contributed by atoms with E-state index in [0.29, 0.717) is 19.3 Å². The number of unbranched alkanes of at least 4 members (excludes halogenated alkanes) is 24. The second-order valence-corrected chi connectivity index (χ2v) is 20.3. The van der Waals surface area contributed by atoms with Gasteiger partial charge in [-0.1, -0.05) is 216 Å². The molecule has 1 aliphatic rings. The highest BCUT2D eigenvalue weighted by atomic mass is 16.7. The number of ether oxygens (including phenoxy) is 5. The van der Waals surface area contributed by atoms with Gasteiger partial charge in [0.05, 0.1) is 6.61 Å². The minimum absolute atomic E-state index is 0.0468. The molecule has 0 radical (unpaired) electrons. The zero-order chi connectivity index (χ0) is 54.7. The predicted octanol–water partition coefficient (Wildman–Crippen LogP) is 15.3. The molecule has 0 aromatic heterocycles. The summed E-state index contributed by atoms with van der Waals surface area (Å²) in [5.41, 5.74) is 0. The first-order chi connectivity index (χ1) is 36.6. The third kappa shape index (κ3) is 41.0. The van der Waals surface area contributed by atoms with Gasteiger partial charge >= 0.3 is 23.9 Å². The summed E-state index contributed by atoms with van der Waals surface area (Å²) in [7, 11) is 0. The molecule has 1 fully saturated rings. The lowest BCUT2D eigenvalue weighted by molar-refractivity contribution is -0.301. The molecule has 0 saturated carbocycles. The van der Waals surface area contributed by atoms with Crippen molar-refractivity contribution >= 4 is 23.9 Å². The van der Waals surface area contributed by atoms with Gasteiger partial charge in [-0.25, -0.2) is 4.79 Å². The molecule has 0 aromatic rings. The molecule has 12 heteroatoms. The molecule has 75 heavy (non-hydrogen) atoms. The number of carboxylic acid groups (broad SMARTS) is 1. The molecule has 0 spiro atoms. The molecule has 6 atom stereocenters.